The molecule has 0 aliphatic carbocycles. The van der Waals surface area contributed by atoms with Crippen LogP contribution in [0.15, 0.2) is 48.2 Å². The van der Waals surface area contributed by atoms with E-state index in [1.807, 2.05) is 43.5 Å². The number of hydrogen-bond acceptors (Lipinski definition) is 5. The van der Waals surface area contributed by atoms with Gasteiger partial charge < -0.3 is 0 Å². The van der Waals surface area contributed by atoms with Crippen LogP contribution in [0.4, 0.5) is 0 Å². The zero-order valence-corrected chi connectivity index (χ0v) is 14.3. The van der Waals surface area contributed by atoms with Crippen molar-refractivity contribution in [3.63, 3.8) is 0 Å². The molecule has 0 fully saturated rings. The van der Waals surface area contributed by atoms with Gasteiger partial charge in [0.25, 0.3) is 0 Å². The number of hydrogen-bond donors (Lipinski definition) is 0. The monoisotopic (exact) mass is 347 g/mol. The van der Waals surface area contributed by atoms with E-state index in [0.29, 0.717) is 6.42 Å². The second-order valence-corrected chi connectivity index (χ2v) is 8.44. The van der Waals surface area contributed by atoms with E-state index in [9.17, 15) is 8.42 Å². The van der Waals surface area contributed by atoms with Gasteiger partial charge in [-0.15, -0.1) is 11.3 Å². The molecular weight excluding hydrogens is 330 g/mol. The molecule has 23 heavy (non-hydrogen) atoms. The summed E-state index contributed by atoms with van der Waals surface area (Å²) in [6.45, 7) is 1.91. The van der Waals surface area contributed by atoms with Gasteiger partial charge in [0.15, 0.2) is 9.84 Å². The number of nitrogens with zero attached hydrogens (tertiary/aromatic N) is 3. The van der Waals surface area contributed by atoms with E-state index >= 15 is 0 Å². The lowest BCUT2D eigenvalue weighted by Gasteiger charge is -2.06. The SMILES string of the molecule is Cc1ncsc1CCS(=O)(=O)Cc1ccc(-n2cccn2)cc1. The van der Waals surface area contributed by atoms with Crippen LogP contribution in [0.25, 0.3) is 5.69 Å². The Morgan fingerprint density at radius 3 is 2.61 bits per heavy atom. The quantitative estimate of drug-likeness (QED) is 0.688. The van der Waals surface area contributed by atoms with Crippen LogP contribution in [0.2, 0.25) is 0 Å². The Balaban J connectivity index is 1.64. The molecule has 0 atom stereocenters. The normalized spacial score (nSPS) is 11.7. The fraction of sp³-hybridized carbons (Fsp3) is 0.250. The van der Waals surface area contributed by atoms with Gasteiger partial charge in [0.05, 0.1) is 28.4 Å². The first-order chi connectivity index (χ1) is 11.0. The first kappa shape index (κ1) is 15.9. The van der Waals surface area contributed by atoms with E-state index in [-0.39, 0.29) is 11.5 Å². The fourth-order valence-electron chi connectivity index (χ4n) is 2.31. The predicted octanol–water partition coefficient (Wildman–Crippen LogP) is 2.79. The molecule has 0 unspecified atom stereocenters. The van der Waals surface area contributed by atoms with Crippen LogP contribution >= 0.6 is 11.3 Å². The van der Waals surface area contributed by atoms with E-state index in [0.717, 1.165) is 21.8 Å². The Labute approximate surface area is 139 Å². The molecule has 5 nitrogen and oxygen atoms in total. The van der Waals surface area contributed by atoms with Crippen LogP contribution < -0.4 is 0 Å². The first-order valence-corrected chi connectivity index (χ1v) is 9.92. The zero-order chi connectivity index (χ0) is 16.3. The Morgan fingerprint density at radius 2 is 2.00 bits per heavy atom. The summed E-state index contributed by atoms with van der Waals surface area (Å²) in [6.07, 6.45) is 4.09. The summed E-state index contributed by atoms with van der Waals surface area (Å²) in [7, 11) is -3.14. The summed E-state index contributed by atoms with van der Waals surface area (Å²) in [5, 5.41) is 4.15. The lowest BCUT2D eigenvalue weighted by atomic mass is 10.2. The van der Waals surface area contributed by atoms with Crippen molar-refractivity contribution in [3.05, 3.63) is 64.4 Å². The standard InChI is InChI=1S/C16H17N3O2S2/c1-13-16(22-12-17-13)7-10-23(20,21)11-14-3-5-15(6-4-14)19-9-2-8-18-19/h2-6,8-9,12H,7,10-11H2,1H3. The van der Waals surface area contributed by atoms with Crippen LogP contribution in [0.3, 0.4) is 0 Å². The second-order valence-electron chi connectivity index (χ2n) is 5.32. The highest BCUT2D eigenvalue weighted by Gasteiger charge is 2.14. The molecule has 0 bridgehead atoms. The molecule has 0 saturated heterocycles. The molecule has 0 radical (unpaired) electrons. The van der Waals surface area contributed by atoms with Gasteiger partial charge in [-0.2, -0.15) is 5.10 Å². The number of benzene rings is 1. The van der Waals surface area contributed by atoms with Crippen molar-refractivity contribution < 1.29 is 8.42 Å². The minimum Gasteiger partial charge on any atom is -0.250 e. The van der Waals surface area contributed by atoms with Crippen molar-refractivity contribution in [2.24, 2.45) is 0 Å². The summed E-state index contributed by atoms with van der Waals surface area (Å²) in [4.78, 5) is 5.19. The highest BCUT2D eigenvalue weighted by Crippen LogP contribution is 2.16. The van der Waals surface area contributed by atoms with Gasteiger partial charge in [0, 0.05) is 17.3 Å². The van der Waals surface area contributed by atoms with Crippen molar-refractivity contribution >= 4 is 21.2 Å². The summed E-state index contributed by atoms with van der Waals surface area (Å²) in [5.41, 5.74) is 4.39. The Bertz CT molecular complexity index is 866. The van der Waals surface area contributed by atoms with Gasteiger partial charge in [-0.3, -0.25) is 0 Å². The second kappa shape index (κ2) is 6.64. The number of rotatable bonds is 6. The van der Waals surface area contributed by atoms with Crippen LogP contribution in [0.1, 0.15) is 16.1 Å². The zero-order valence-electron chi connectivity index (χ0n) is 12.7. The smallest absolute Gasteiger partial charge is 0.154 e. The Hall–Kier alpha value is -1.99. The molecule has 0 amide bonds. The summed E-state index contributed by atoms with van der Waals surface area (Å²) in [6, 6.07) is 9.29. The van der Waals surface area contributed by atoms with Gasteiger partial charge in [-0.25, -0.2) is 18.1 Å². The number of sulfone groups is 1. The van der Waals surface area contributed by atoms with Gasteiger partial charge >= 0.3 is 0 Å². The minimum absolute atomic E-state index is 0.0598. The van der Waals surface area contributed by atoms with Crippen LogP contribution in [-0.2, 0) is 22.0 Å². The third-order valence-corrected chi connectivity index (χ3v) is 6.17. The van der Waals surface area contributed by atoms with Gasteiger partial charge in [-0.05, 0) is 37.1 Å². The molecule has 0 saturated carbocycles. The first-order valence-electron chi connectivity index (χ1n) is 7.22. The molecule has 3 aromatic rings. The van der Waals surface area contributed by atoms with Crippen molar-refractivity contribution in [1.29, 1.82) is 0 Å². The molecule has 7 heteroatoms. The van der Waals surface area contributed by atoms with E-state index in [2.05, 4.69) is 10.1 Å². The Kier molecular flexibility index (Phi) is 4.58. The number of thiazole rings is 1. The number of aryl methyl sites for hydroxylation is 2. The molecule has 0 N–H and O–H groups in total. The summed E-state index contributed by atoms with van der Waals surface area (Å²) >= 11 is 1.51. The van der Waals surface area contributed by atoms with Crippen LogP contribution in [0.5, 0.6) is 0 Å². The predicted molar refractivity (Wildman–Crippen MR) is 91.6 cm³/mol. The summed E-state index contributed by atoms with van der Waals surface area (Å²) < 4.78 is 26.3. The van der Waals surface area contributed by atoms with Gasteiger partial charge in [0.2, 0.25) is 0 Å². The highest BCUT2D eigenvalue weighted by molar-refractivity contribution is 7.90. The molecule has 2 heterocycles. The van der Waals surface area contributed by atoms with Gasteiger partial charge in [-0.1, -0.05) is 12.1 Å². The molecule has 0 aliphatic rings. The maximum Gasteiger partial charge on any atom is 0.154 e. The summed E-state index contributed by atoms with van der Waals surface area (Å²) in [5.74, 6) is 0.210. The third-order valence-electron chi connectivity index (χ3n) is 3.58. The van der Waals surface area contributed by atoms with E-state index in [1.165, 1.54) is 11.3 Å². The third kappa shape index (κ3) is 4.05. The maximum absolute atomic E-state index is 12.3. The topological polar surface area (TPSA) is 64.8 Å². The van der Waals surface area contributed by atoms with Crippen molar-refractivity contribution in [3.8, 4) is 5.69 Å². The van der Waals surface area contributed by atoms with Crippen molar-refractivity contribution in [2.45, 2.75) is 19.1 Å². The van der Waals surface area contributed by atoms with Crippen molar-refractivity contribution in [1.82, 2.24) is 14.8 Å². The molecular formula is C16H17N3O2S2. The average Bonchev–Trinajstić information content (AvgIpc) is 3.17. The highest BCUT2D eigenvalue weighted by atomic mass is 32.2. The van der Waals surface area contributed by atoms with Crippen molar-refractivity contribution in [2.75, 3.05) is 5.75 Å². The molecule has 1 aromatic carbocycles. The molecule has 0 aliphatic heterocycles. The molecule has 0 spiro atoms. The van der Waals surface area contributed by atoms with Crippen LogP contribution in [-0.4, -0.2) is 28.9 Å². The van der Waals surface area contributed by atoms with Crippen LogP contribution in [0, 0.1) is 6.92 Å². The minimum atomic E-state index is -3.14. The van der Waals surface area contributed by atoms with Gasteiger partial charge in [0.1, 0.15) is 0 Å². The lowest BCUT2D eigenvalue weighted by molar-refractivity contribution is 0.594. The number of aromatic nitrogens is 3. The largest absolute Gasteiger partial charge is 0.250 e. The fourth-order valence-corrected chi connectivity index (χ4v) is 4.58. The maximum atomic E-state index is 12.3. The average molecular weight is 347 g/mol. The Morgan fingerprint density at radius 1 is 1.22 bits per heavy atom. The van der Waals surface area contributed by atoms with E-state index in [1.54, 1.807) is 16.4 Å². The van der Waals surface area contributed by atoms with E-state index < -0.39 is 9.84 Å². The lowest BCUT2D eigenvalue weighted by Crippen LogP contribution is -2.11. The molecule has 120 valence electrons. The van der Waals surface area contributed by atoms with E-state index in [4.69, 9.17) is 0 Å². The molecule has 2 aromatic heterocycles. The molecule has 3 rings (SSSR count).